The van der Waals surface area contributed by atoms with Crippen molar-refractivity contribution in [1.82, 2.24) is 0 Å². The largest absolute Gasteiger partial charge is 1.00 e. The number of carbonyl (C=O) groups excluding carboxylic acids is 2. The summed E-state index contributed by atoms with van der Waals surface area (Å²) in [5, 5.41) is 21.6. The van der Waals surface area contributed by atoms with E-state index in [-0.39, 0.29) is 81.8 Å². The molecule has 0 unspecified atom stereocenters. The minimum absolute atomic E-state index is 0. The molecule has 0 aromatic heterocycles. The van der Waals surface area contributed by atoms with Gasteiger partial charge in [0.1, 0.15) is 0 Å². The number of carboxylic acid groups (broad SMARTS) is 2. The summed E-state index contributed by atoms with van der Waals surface area (Å²) in [6.45, 7) is 7.50. The standard InChI is InChI=1S/C17H28O5.2Na/c1-12(7-6-10-17(3,4)22-5)8-9-14(16(20)21)13(2)11-15(18)19;;/h9,11-12H,6-8,10H2,1-5H3,(H,18,19)(H,20,21);;/q;2*+1/p-2/b13-11+,14-9-;;/t12-;;/m0../s1. The van der Waals surface area contributed by atoms with Gasteiger partial charge in [0, 0.05) is 7.11 Å². The summed E-state index contributed by atoms with van der Waals surface area (Å²) in [5.41, 5.74) is -0.111. The van der Waals surface area contributed by atoms with Gasteiger partial charge in [-0.3, -0.25) is 0 Å². The number of carboxylic acids is 2. The molecule has 0 rings (SSSR count). The van der Waals surface area contributed by atoms with Gasteiger partial charge in [0.15, 0.2) is 0 Å². The van der Waals surface area contributed by atoms with E-state index in [9.17, 15) is 19.8 Å². The molecule has 0 saturated heterocycles. The minimum atomic E-state index is -1.42. The molecule has 0 spiro atoms. The maximum atomic E-state index is 11.1. The van der Waals surface area contributed by atoms with E-state index in [1.54, 1.807) is 7.11 Å². The van der Waals surface area contributed by atoms with E-state index in [2.05, 4.69) is 0 Å². The fraction of sp³-hybridized carbons (Fsp3) is 0.647. The Morgan fingerprint density at radius 1 is 1.21 bits per heavy atom. The molecular weight excluding hydrogens is 330 g/mol. The normalized spacial score (nSPS) is 13.5. The number of ether oxygens (including phenoxy) is 1. The topological polar surface area (TPSA) is 89.5 Å². The van der Waals surface area contributed by atoms with E-state index in [1.165, 1.54) is 13.0 Å². The van der Waals surface area contributed by atoms with Crippen LogP contribution in [0.5, 0.6) is 0 Å². The zero-order chi connectivity index (χ0) is 17.3. The van der Waals surface area contributed by atoms with Gasteiger partial charge in [-0.2, -0.15) is 0 Å². The predicted molar refractivity (Wildman–Crippen MR) is 80.6 cm³/mol. The number of allylic oxidation sites excluding steroid dienone is 1. The summed E-state index contributed by atoms with van der Waals surface area (Å²) in [6.07, 6.45) is 5.68. The molecule has 7 heteroatoms. The Balaban J connectivity index is -0.00000220. The van der Waals surface area contributed by atoms with Crippen LogP contribution in [0.3, 0.4) is 0 Å². The molecule has 0 aromatic carbocycles. The Labute approximate surface area is 189 Å². The van der Waals surface area contributed by atoms with Crippen molar-refractivity contribution in [2.75, 3.05) is 7.11 Å². The van der Waals surface area contributed by atoms with Gasteiger partial charge in [-0.15, -0.1) is 0 Å². The van der Waals surface area contributed by atoms with Gasteiger partial charge in [-0.05, 0) is 56.8 Å². The van der Waals surface area contributed by atoms with Crippen LogP contribution in [0.4, 0.5) is 0 Å². The van der Waals surface area contributed by atoms with Gasteiger partial charge in [0.2, 0.25) is 0 Å². The Bertz CT molecular complexity index is 456. The quantitative estimate of drug-likeness (QED) is 0.222. The molecule has 0 amide bonds. The smallest absolute Gasteiger partial charge is 0.545 e. The summed E-state index contributed by atoms with van der Waals surface area (Å²) in [4.78, 5) is 21.6. The van der Waals surface area contributed by atoms with Crippen molar-refractivity contribution in [3.63, 3.8) is 0 Å². The van der Waals surface area contributed by atoms with Crippen molar-refractivity contribution in [3.8, 4) is 0 Å². The summed E-state index contributed by atoms with van der Waals surface area (Å²) in [6, 6.07) is 0. The summed E-state index contributed by atoms with van der Waals surface area (Å²) >= 11 is 0. The first-order chi connectivity index (χ1) is 10.1. The van der Waals surface area contributed by atoms with E-state index >= 15 is 0 Å². The first-order valence-electron chi connectivity index (χ1n) is 7.45. The summed E-state index contributed by atoms with van der Waals surface area (Å²) in [5.74, 6) is -2.50. The molecule has 1 atom stereocenters. The molecule has 0 fully saturated rings. The molecule has 0 radical (unpaired) electrons. The Morgan fingerprint density at radius 3 is 2.17 bits per heavy atom. The van der Waals surface area contributed by atoms with Gasteiger partial charge in [-0.1, -0.05) is 25.8 Å². The van der Waals surface area contributed by atoms with E-state index < -0.39 is 11.9 Å². The van der Waals surface area contributed by atoms with Gasteiger partial charge in [-0.25, -0.2) is 0 Å². The molecule has 0 aromatic rings. The van der Waals surface area contributed by atoms with Gasteiger partial charge in [0.05, 0.1) is 17.5 Å². The monoisotopic (exact) mass is 356 g/mol. The molecule has 0 heterocycles. The van der Waals surface area contributed by atoms with Crippen LogP contribution in [0.2, 0.25) is 0 Å². The maximum Gasteiger partial charge on any atom is 1.00 e. The van der Waals surface area contributed by atoms with Gasteiger partial charge in [0.25, 0.3) is 0 Å². The molecule has 0 bridgehead atoms. The molecule has 24 heavy (non-hydrogen) atoms. The molecule has 0 N–H and O–H groups in total. The Hall–Kier alpha value is 0.380. The van der Waals surface area contributed by atoms with Crippen LogP contribution in [0.25, 0.3) is 0 Å². The average Bonchev–Trinajstić information content (AvgIpc) is 2.37. The van der Waals surface area contributed by atoms with Crippen LogP contribution in [0, 0.1) is 5.92 Å². The summed E-state index contributed by atoms with van der Waals surface area (Å²) in [7, 11) is 1.69. The van der Waals surface area contributed by atoms with Crippen LogP contribution in [-0.2, 0) is 14.3 Å². The zero-order valence-electron chi connectivity index (χ0n) is 16.1. The molecule has 0 aliphatic carbocycles. The van der Waals surface area contributed by atoms with Crippen LogP contribution >= 0.6 is 0 Å². The average molecular weight is 356 g/mol. The third-order valence-corrected chi connectivity index (χ3v) is 3.73. The van der Waals surface area contributed by atoms with Crippen molar-refractivity contribution in [1.29, 1.82) is 0 Å². The predicted octanol–water partition coefficient (Wildman–Crippen LogP) is -5.01. The number of rotatable bonds is 10. The zero-order valence-corrected chi connectivity index (χ0v) is 20.1. The third kappa shape index (κ3) is 13.6. The minimum Gasteiger partial charge on any atom is -0.545 e. The van der Waals surface area contributed by atoms with Gasteiger partial charge < -0.3 is 24.5 Å². The second kappa shape index (κ2) is 14.5. The molecule has 0 saturated carbocycles. The van der Waals surface area contributed by atoms with Crippen LogP contribution in [0.1, 0.15) is 53.4 Å². The first kappa shape index (κ1) is 29.2. The Kier molecular flexibility index (Phi) is 17.7. The van der Waals surface area contributed by atoms with Crippen molar-refractivity contribution >= 4 is 11.9 Å². The van der Waals surface area contributed by atoms with E-state index in [4.69, 9.17) is 4.74 Å². The van der Waals surface area contributed by atoms with Crippen LogP contribution in [-0.4, -0.2) is 24.6 Å². The number of hydrogen-bond acceptors (Lipinski definition) is 5. The second-order valence-corrected chi connectivity index (χ2v) is 6.25. The SMILES string of the molecule is COC(C)(C)CCC[C@H](C)C/C=C(C(=O)[O-])/C(C)=C/C(=O)[O-].[Na+].[Na+]. The third-order valence-electron chi connectivity index (χ3n) is 3.73. The molecule has 0 aliphatic heterocycles. The fourth-order valence-corrected chi connectivity index (χ4v) is 2.08. The first-order valence-corrected chi connectivity index (χ1v) is 7.45. The molecule has 5 nitrogen and oxygen atoms in total. The van der Waals surface area contributed by atoms with Gasteiger partial charge >= 0.3 is 59.1 Å². The fourth-order valence-electron chi connectivity index (χ4n) is 2.08. The number of hydrogen-bond donors (Lipinski definition) is 0. The van der Waals surface area contributed by atoms with Crippen molar-refractivity contribution in [2.24, 2.45) is 5.92 Å². The number of aliphatic carboxylic acids is 2. The Morgan fingerprint density at radius 2 is 1.75 bits per heavy atom. The van der Waals surface area contributed by atoms with Crippen molar-refractivity contribution < 1.29 is 83.7 Å². The number of carbonyl (C=O) groups is 2. The molecular formula is C17H26Na2O5. The van der Waals surface area contributed by atoms with Crippen LogP contribution < -0.4 is 69.3 Å². The van der Waals surface area contributed by atoms with E-state index in [0.29, 0.717) is 6.42 Å². The summed E-state index contributed by atoms with van der Waals surface area (Å²) < 4.78 is 5.35. The second-order valence-electron chi connectivity index (χ2n) is 6.25. The van der Waals surface area contributed by atoms with Crippen molar-refractivity contribution in [3.05, 3.63) is 23.3 Å². The van der Waals surface area contributed by atoms with E-state index in [1.807, 2.05) is 20.8 Å². The molecule has 126 valence electrons. The maximum absolute atomic E-state index is 11.1. The number of methoxy groups -OCH3 is 1. The molecule has 0 aliphatic rings. The van der Waals surface area contributed by atoms with Crippen LogP contribution in [0.15, 0.2) is 23.3 Å². The van der Waals surface area contributed by atoms with Crippen molar-refractivity contribution in [2.45, 2.75) is 59.0 Å². The van der Waals surface area contributed by atoms with E-state index in [0.717, 1.165) is 25.3 Å².